The second-order valence-electron chi connectivity index (χ2n) is 4.09. The first-order chi connectivity index (χ1) is 9.31. The van der Waals surface area contributed by atoms with E-state index in [0.717, 1.165) is 12.0 Å². The lowest BCUT2D eigenvalue weighted by Crippen LogP contribution is -2.09. The molecule has 0 unspecified atom stereocenters. The van der Waals surface area contributed by atoms with Crippen molar-refractivity contribution in [2.24, 2.45) is 0 Å². The number of para-hydroxylation sites is 2. The summed E-state index contributed by atoms with van der Waals surface area (Å²) in [4.78, 5) is 0. The number of hydrogen-bond acceptors (Lipinski definition) is 3. The average Bonchev–Trinajstić information content (AvgIpc) is 2.46. The monoisotopic (exact) mass is 370 g/mol. The molecule has 0 aliphatic rings. The molecule has 0 aliphatic heterocycles. The van der Waals surface area contributed by atoms with Crippen molar-refractivity contribution in [1.29, 1.82) is 0 Å². The molecule has 0 saturated heterocycles. The summed E-state index contributed by atoms with van der Waals surface area (Å²) in [5, 5.41) is 9.77. The summed E-state index contributed by atoms with van der Waals surface area (Å²) in [7, 11) is 0. The zero-order valence-electron chi connectivity index (χ0n) is 10.3. The minimum absolute atomic E-state index is 0.135. The summed E-state index contributed by atoms with van der Waals surface area (Å²) in [6, 6.07) is 16.9. The molecule has 2 aromatic rings. The Kier molecular flexibility index (Phi) is 5.47. The Bertz CT molecular complexity index is 502. The van der Waals surface area contributed by atoms with Gasteiger partial charge in [0.25, 0.3) is 0 Å². The average molecular weight is 370 g/mol. The quantitative estimate of drug-likeness (QED) is 0.772. The molecule has 1 atom stereocenters. The van der Waals surface area contributed by atoms with Gasteiger partial charge in [0.05, 0.1) is 6.61 Å². The van der Waals surface area contributed by atoms with Crippen LogP contribution in [0.15, 0.2) is 54.6 Å². The number of benzene rings is 2. The minimum Gasteiger partial charge on any atom is -0.504 e. The Labute approximate surface area is 126 Å². The van der Waals surface area contributed by atoms with E-state index in [9.17, 15) is 5.11 Å². The summed E-state index contributed by atoms with van der Waals surface area (Å²) in [5.74, 6) is 0.642. The first-order valence-electron chi connectivity index (χ1n) is 6.04. The Hall–Kier alpha value is -1.27. The minimum atomic E-state index is -0.135. The molecule has 0 spiro atoms. The van der Waals surface area contributed by atoms with Crippen molar-refractivity contribution in [2.45, 2.75) is 12.5 Å². The maximum absolute atomic E-state index is 9.77. The standard InChI is InChI=1S/C15H15IO3/c16-18-11-10-14(12-6-2-1-3-7-12)19-15-9-5-4-8-13(15)17/h1-9,14,17H,10-11H2/t14-/m1/s1. The molecular formula is C15H15IO3. The molecule has 100 valence electrons. The smallest absolute Gasteiger partial charge is 0.161 e. The van der Waals surface area contributed by atoms with Gasteiger partial charge in [0.2, 0.25) is 0 Å². The van der Waals surface area contributed by atoms with Gasteiger partial charge in [-0.05, 0) is 17.7 Å². The van der Waals surface area contributed by atoms with Gasteiger partial charge in [0.15, 0.2) is 11.5 Å². The van der Waals surface area contributed by atoms with Gasteiger partial charge < -0.3 is 12.9 Å². The maximum atomic E-state index is 9.77. The first kappa shape index (κ1) is 14.1. The highest BCUT2D eigenvalue weighted by Gasteiger charge is 2.14. The number of halogens is 1. The van der Waals surface area contributed by atoms with Crippen molar-refractivity contribution in [1.82, 2.24) is 0 Å². The molecular weight excluding hydrogens is 355 g/mol. The molecule has 0 radical (unpaired) electrons. The van der Waals surface area contributed by atoms with E-state index in [-0.39, 0.29) is 11.9 Å². The van der Waals surface area contributed by atoms with Gasteiger partial charge in [-0.3, -0.25) is 0 Å². The number of aromatic hydroxyl groups is 1. The van der Waals surface area contributed by atoms with Crippen LogP contribution in [0, 0.1) is 0 Å². The maximum Gasteiger partial charge on any atom is 0.161 e. The van der Waals surface area contributed by atoms with Crippen LogP contribution in [0.4, 0.5) is 0 Å². The van der Waals surface area contributed by atoms with E-state index in [2.05, 4.69) is 0 Å². The van der Waals surface area contributed by atoms with Crippen LogP contribution in [0.3, 0.4) is 0 Å². The lowest BCUT2D eigenvalue weighted by Gasteiger charge is -2.19. The molecule has 0 heterocycles. The third-order valence-electron chi connectivity index (χ3n) is 2.76. The van der Waals surface area contributed by atoms with Crippen LogP contribution >= 0.6 is 23.0 Å². The van der Waals surface area contributed by atoms with Crippen LogP contribution in [0.25, 0.3) is 0 Å². The summed E-state index contributed by atoms with van der Waals surface area (Å²) in [6.45, 7) is 0.591. The van der Waals surface area contributed by atoms with Crippen molar-refractivity contribution in [2.75, 3.05) is 6.61 Å². The number of phenols is 1. The Balaban J connectivity index is 2.17. The molecule has 3 nitrogen and oxygen atoms in total. The number of ether oxygens (including phenoxy) is 1. The first-order valence-corrected chi connectivity index (χ1v) is 6.92. The van der Waals surface area contributed by atoms with Crippen molar-refractivity contribution in [3.05, 3.63) is 60.2 Å². The molecule has 0 saturated carbocycles. The molecule has 0 bridgehead atoms. The summed E-state index contributed by atoms with van der Waals surface area (Å²) < 4.78 is 11.0. The van der Waals surface area contributed by atoms with Crippen molar-refractivity contribution in [3.63, 3.8) is 0 Å². The van der Waals surface area contributed by atoms with Crippen LogP contribution < -0.4 is 4.74 Å². The highest BCUT2D eigenvalue weighted by Crippen LogP contribution is 2.31. The van der Waals surface area contributed by atoms with Gasteiger partial charge in [0.1, 0.15) is 29.1 Å². The van der Waals surface area contributed by atoms with E-state index < -0.39 is 0 Å². The fourth-order valence-electron chi connectivity index (χ4n) is 1.82. The van der Waals surface area contributed by atoms with Crippen LogP contribution in [0.5, 0.6) is 11.5 Å². The lowest BCUT2D eigenvalue weighted by atomic mass is 10.1. The summed E-state index contributed by atoms with van der Waals surface area (Å²) in [6.07, 6.45) is 0.589. The van der Waals surface area contributed by atoms with Gasteiger partial charge in [-0.1, -0.05) is 42.5 Å². The predicted octanol–water partition coefficient (Wildman–Crippen LogP) is 4.27. The van der Waals surface area contributed by atoms with Crippen molar-refractivity contribution in [3.8, 4) is 11.5 Å². The van der Waals surface area contributed by atoms with Crippen LogP contribution in [-0.2, 0) is 3.07 Å². The molecule has 4 heteroatoms. The molecule has 2 rings (SSSR count). The van der Waals surface area contributed by atoms with Crippen molar-refractivity contribution < 1.29 is 12.9 Å². The van der Waals surface area contributed by atoms with E-state index in [1.165, 1.54) is 0 Å². The van der Waals surface area contributed by atoms with E-state index in [0.29, 0.717) is 12.4 Å². The number of hydrogen-bond donors (Lipinski definition) is 1. The van der Waals surface area contributed by atoms with Gasteiger partial charge >= 0.3 is 0 Å². The Morgan fingerprint density at radius 1 is 1.00 bits per heavy atom. The zero-order chi connectivity index (χ0) is 13.5. The fraction of sp³-hybridized carbons (Fsp3) is 0.200. The molecule has 0 fully saturated rings. The predicted molar refractivity (Wildman–Crippen MR) is 82.5 cm³/mol. The van der Waals surface area contributed by atoms with Gasteiger partial charge in [-0.25, -0.2) is 0 Å². The SMILES string of the molecule is Oc1ccccc1O[C@H](CCOI)c1ccccc1. The molecule has 0 aliphatic carbocycles. The third kappa shape index (κ3) is 4.11. The van der Waals surface area contributed by atoms with Crippen LogP contribution in [0.1, 0.15) is 18.1 Å². The largest absolute Gasteiger partial charge is 0.504 e. The highest BCUT2D eigenvalue weighted by atomic mass is 127. The normalized spacial score (nSPS) is 12.1. The van der Waals surface area contributed by atoms with E-state index in [4.69, 9.17) is 7.80 Å². The van der Waals surface area contributed by atoms with Crippen LogP contribution in [0.2, 0.25) is 0 Å². The summed E-state index contributed by atoms with van der Waals surface area (Å²) in [5.41, 5.74) is 1.07. The van der Waals surface area contributed by atoms with E-state index >= 15 is 0 Å². The fourth-order valence-corrected chi connectivity index (χ4v) is 2.08. The zero-order valence-corrected chi connectivity index (χ0v) is 12.5. The summed E-state index contributed by atoms with van der Waals surface area (Å²) >= 11 is 1.87. The molecule has 2 aromatic carbocycles. The molecule has 0 aromatic heterocycles. The van der Waals surface area contributed by atoms with Gasteiger partial charge in [-0.15, -0.1) is 0 Å². The second-order valence-corrected chi connectivity index (χ2v) is 4.71. The van der Waals surface area contributed by atoms with Crippen molar-refractivity contribution >= 4 is 23.0 Å². The van der Waals surface area contributed by atoms with Crippen LogP contribution in [-0.4, -0.2) is 11.7 Å². The third-order valence-corrected chi connectivity index (χ3v) is 3.20. The topological polar surface area (TPSA) is 38.7 Å². The van der Waals surface area contributed by atoms with Gasteiger partial charge in [-0.2, -0.15) is 0 Å². The molecule has 19 heavy (non-hydrogen) atoms. The number of rotatable bonds is 6. The Morgan fingerprint density at radius 2 is 1.68 bits per heavy atom. The van der Waals surface area contributed by atoms with E-state index in [1.54, 1.807) is 18.2 Å². The highest BCUT2D eigenvalue weighted by molar-refractivity contribution is 14.1. The van der Waals surface area contributed by atoms with E-state index in [1.807, 2.05) is 59.4 Å². The molecule has 1 N–H and O–H groups in total. The molecule has 0 amide bonds. The second kappa shape index (κ2) is 7.35. The lowest BCUT2D eigenvalue weighted by molar-refractivity contribution is 0.170. The Morgan fingerprint density at radius 3 is 2.37 bits per heavy atom. The van der Waals surface area contributed by atoms with Gasteiger partial charge in [0, 0.05) is 6.42 Å². The number of phenolic OH excluding ortho intramolecular Hbond substituents is 1.